The number of rotatable bonds is 1. The van der Waals surface area contributed by atoms with Crippen LogP contribution in [-0.4, -0.2) is 10.1 Å². The van der Waals surface area contributed by atoms with Gasteiger partial charge in [0.2, 0.25) is 0 Å². The summed E-state index contributed by atoms with van der Waals surface area (Å²) in [6, 6.07) is 0. The summed E-state index contributed by atoms with van der Waals surface area (Å²) in [6.07, 6.45) is 3.30. The van der Waals surface area contributed by atoms with Gasteiger partial charge in [-0.3, -0.25) is 0 Å². The molecule has 1 heterocycles. The van der Waals surface area contributed by atoms with E-state index in [9.17, 15) is 5.11 Å². The zero-order valence-electron chi connectivity index (χ0n) is 7.87. The van der Waals surface area contributed by atoms with Crippen molar-refractivity contribution in [1.82, 2.24) is 4.98 Å². The zero-order valence-corrected chi connectivity index (χ0v) is 8.69. The van der Waals surface area contributed by atoms with Gasteiger partial charge in [-0.2, -0.15) is 0 Å². The molecule has 0 unspecified atom stereocenters. The van der Waals surface area contributed by atoms with E-state index in [4.69, 9.17) is 5.73 Å². The molecule has 13 heavy (non-hydrogen) atoms. The molecule has 1 fully saturated rings. The van der Waals surface area contributed by atoms with Crippen molar-refractivity contribution in [3.63, 3.8) is 0 Å². The Morgan fingerprint density at radius 3 is 2.54 bits per heavy atom. The van der Waals surface area contributed by atoms with Gasteiger partial charge < -0.3 is 10.8 Å². The Bertz CT molecular complexity index is 324. The Balaban J connectivity index is 2.20. The molecular formula is C9H14N2OS. The van der Waals surface area contributed by atoms with Crippen molar-refractivity contribution >= 4 is 16.5 Å². The molecule has 0 bridgehead atoms. The van der Waals surface area contributed by atoms with Gasteiger partial charge in [0.15, 0.2) is 5.13 Å². The molecule has 0 spiro atoms. The van der Waals surface area contributed by atoms with Gasteiger partial charge in [-0.25, -0.2) is 4.98 Å². The molecule has 0 radical (unpaired) electrons. The van der Waals surface area contributed by atoms with Gasteiger partial charge >= 0.3 is 0 Å². The number of nitrogen functional groups attached to an aromatic ring is 1. The fourth-order valence-corrected chi connectivity index (χ4v) is 2.98. The summed E-state index contributed by atoms with van der Waals surface area (Å²) >= 11 is 1.39. The second-order valence-electron chi connectivity index (χ2n) is 4.61. The van der Waals surface area contributed by atoms with Crippen LogP contribution in [0.5, 0.6) is 0 Å². The maximum atomic E-state index is 10.1. The fraction of sp³-hybridized carbons (Fsp3) is 0.667. The normalized spacial score (nSPS) is 23.9. The van der Waals surface area contributed by atoms with Gasteiger partial charge in [-0.15, -0.1) is 0 Å². The van der Waals surface area contributed by atoms with Gasteiger partial charge in [-0.05, 0) is 18.3 Å². The Morgan fingerprint density at radius 1 is 1.54 bits per heavy atom. The van der Waals surface area contributed by atoms with Gasteiger partial charge in [0, 0.05) is 6.20 Å². The molecule has 1 aromatic heterocycles. The summed E-state index contributed by atoms with van der Waals surface area (Å²) in [5.74, 6) is 0. The summed E-state index contributed by atoms with van der Waals surface area (Å²) in [6.45, 7) is 4.32. The van der Waals surface area contributed by atoms with Crippen molar-refractivity contribution in [2.45, 2.75) is 32.3 Å². The Labute approximate surface area is 81.6 Å². The van der Waals surface area contributed by atoms with Crippen molar-refractivity contribution in [3.05, 3.63) is 11.1 Å². The number of nitrogens with two attached hydrogens (primary N) is 1. The van der Waals surface area contributed by atoms with Crippen molar-refractivity contribution in [2.75, 3.05) is 5.73 Å². The van der Waals surface area contributed by atoms with Crippen LogP contribution in [0.1, 0.15) is 31.6 Å². The molecule has 1 aliphatic rings. The lowest BCUT2D eigenvalue weighted by Gasteiger charge is -2.49. The molecule has 4 heteroatoms. The van der Waals surface area contributed by atoms with E-state index in [1.54, 1.807) is 6.20 Å². The Kier molecular flexibility index (Phi) is 1.69. The average Bonchev–Trinajstić information content (AvgIpc) is 2.31. The number of nitrogens with zero attached hydrogens (tertiary/aromatic N) is 1. The zero-order chi connectivity index (χ0) is 9.69. The minimum absolute atomic E-state index is 0.257. The lowest BCUT2D eigenvalue weighted by atomic mass is 9.61. The van der Waals surface area contributed by atoms with Crippen LogP contribution in [0.2, 0.25) is 0 Å². The summed E-state index contributed by atoms with van der Waals surface area (Å²) in [7, 11) is 0. The van der Waals surface area contributed by atoms with Crippen LogP contribution >= 0.6 is 11.3 Å². The first kappa shape index (κ1) is 8.97. The van der Waals surface area contributed by atoms with E-state index >= 15 is 0 Å². The second kappa shape index (κ2) is 2.45. The maximum Gasteiger partial charge on any atom is 0.180 e. The summed E-state index contributed by atoms with van der Waals surface area (Å²) < 4.78 is 0. The summed E-state index contributed by atoms with van der Waals surface area (Å²) in [4.78, 5) is 4.86. The number of hydrogen-bond donors (Lipinski definition) is 2. The second-order valence-corrected chi connectivity index (χ2v) is 5.67. The molecule has 0 aliphatic heterocycles. The van der Waals surface area contributed by atoms with Crippen molar-refractivity contribution < 1.29 is 5.11 Å². The van der Waals surface area contributed by atoms with Gasteiger partial charge in [0.25, 0.3) is 0 Å². The van der Waals surface area contributed by atoms with Gasteiger partial charge in [-0.1, -0.05) is 25.2 Å². The highest BCUT2D eigenvalue weighted by Crippen LogP contribution is 2.54. The van der Waals surface area contributed by atoms with Crippen LogP contribution in [0, 0.1) is 5.41 Å². The number of aromatic nitrogens is 1. The molecule has 0 amide bonds. The monoisotopic (exact) mass is 198 g/mol. The molecule has 1 aliphatic carbocycles. The summed E-state index contributed by atoms with van der Waals surface area (Å²) in [5, 5.41) is 10.7. The molecule has 3 N–H and O–H groups in total. The van der Waals surface area contributed by atoms with E-state index in [2.05, 4.69) is 18.8 Å². The first-order chi connectivity index (χ1) is 5.91. The highest BCUT2D eigenvalue weighted by molar-refractivity contribution is 7.15. The highest BCUT2D eigenvalue weighted by Gasteiger charge is 2.50. The van der Waals surface area contributed by atoms with Crippen molar-refractivity contribution in [2.24, 2.45) is 5.41 Å². The minimum atomic E-state index is -0.654. The number of aliphatic hydroxyl groups is 1. The molecule has 3 nitrogen and oxygen atoms in total. The largest absolute Gasteiger partial charge is 0.384 e. The SMILES string of the molecule is CC1(C)CC(O)(c2cnc(N)s2)C1. The van der Waals surface area contributed by atoms with Gasteiger partial charge in [0.1, 0.15) is 5.60 Å². The third-order valence-corrected chi connectivity index (χ3v) is 3.54. The molecule has 1 aromatic rings. The number of hydrogen-bond acceptors (Lipinski definition) is 4. The van der Waals surface area contributed by atoms with Crippen LogP contribution in [0.4, 0.5) is 5.13 Å². The number of thiazole rings is 1. The molecule has 0 atom stereocenters. The summed E-state index contributed by atoms with van der Waals surface area (Å²) in [5.41, 5.74) is 5.12. The highest BCUT2D eigenvalue weighted by atomic mass is 32.1. The standard InChI is InChI=1S/C9H14N2OS/c1-8(2)4-9(12,5-8)6-3-11-7(10)13-6/h3,12H,4-5H2,1-2H3,(H2,10,11). The quantitative estimate of drug-likeness (QED) is 0.722. The average molecular weight is 198 g/mol. The van der Waals surface area contributed by atoms with Crippen LogP contribution < -0.4 is 5.73 Å². The molecule has 0 saturated heterocycles. The van der Waals surface area contributed by atoms with E-state index in [1.807, 2.05) is 0 Å². The minimum Gasteiger partial charge on any atom is -0.384 e. The molecular weight excluding hydrogens is 184 g/mol. The van der Waals surface area contributed by atoms with E-state index in [0.29, 0.717) is 5.13 Å². The third-order valence-electron chi connectivity index (χ3n) is 2.52. The first-order valence-electron chi connectivity index (χ1n) is 4.36. The van der Waals surface area contributed by atoms with E-state index < -0.39 is 5.60 Å². The van der Waals surface area contributed by atoms with Crippen LogP contribution in [0.15, 0.2) is 6.20 Å². The smallest absolute Gasteiger partial charge is 0.180 e. The van der Waals surface area contributed by atoms with E-state index in [0.717, 1.165) is 17.7 Å². The topological polar surface area (TPSA) is 59.1 Å². The Morgan fingerprint density at radius 2 is 2.15 bits per heavy atom. The van der Waals surface area contributed by atoms with Crippen molar-refractivity contribution in [3.8, 4) is 0 Å². The molecule has 72 valence electrons. The van der Waals surface area contributed by atoms with Crippen LogP contribution in [0.3, 0.4) is 0 Å². The predicted molar refractivity (Wildman–Crippen MR) is 53.4 cm³/mol. The van der Waals surface area contributed by atoms with E-state index in [-0.39, 0.29) is 5.41 Å². The Hall–Kier alpha value is -0.610. The molecule has 0 aromatic carbocycles. The number of anilines is 1. The lowest BCUT2D eigenvalue weighted by molar-refractivity contribution is -0.116. The van der Waals surface area contributed by atoms with E-state index in [1.165, 1.54) is 11.3 Å². The first-order valence-corrected chi connectivity index (χ1v) is 5.17. The molecule has 2 rings (SSSR count). The predicted octanol–water partition coefficient (Wildman–Crippen LogP) is 1.73. The maximum absolute atomic E-state index is 10.1. The molecule has 1 saturated carbocycles. The third kappa shape index (κ3) is 1.44. The van der Waals surface area contributed by atoms with Crippen molar-refractivity contribution in [1.29, 1.82) is 0 Å². The fourth-order valence-electron chi connectivity index (χ4n) is 2.21. The van der Waals surface area contributed by atoms with Gasteiger partial charge in [0.05, 0.1) is 4.88 Å². The van der Waals surface area contributed by atoms with Crippen LogP contribution in [-0.2, 0) is 5.60 Å². The lowest BCUT2D eigenvalue weighted by Crippen LogP contribution is -2.45. The van der Waals surface area contributed by atoms with Crippen LogP contribution in [0.25, 0.3) is 0 Å².